The fraction of sp³-hybridized carbons (Fsp3) is 0.789. The van der Waals surface area contributed by atoms with Crippen LogP contribution in [0.5, 0.6) is 0 Å². The van der Waals surface area contributed by atoms with Gasteiger partial charge in [0.2, 0.25) is 0 Å². The predicted octanol–water partition coefficient (Wildman–Crippen LogP) is 6.04. The molecule has 2 heteroatoms. The van der Waals surface area contributed by atoms with Crippen LogP contribution in [0.3, 0.4) is 0 Å². The fourth-order valence-electron chi connectivity index (χ4n) is 2.18. The van der Waals surface area contributed by atoms with Crippen molar-refractivity contribution in [2.24, 2.45) is 0 Å². The van der Waals surface area contributed by atoms with Crippen molar-refractivity contribution in [3.8, 4) is 0 Å². The average molecular weight is 296 g/mol. The van der Waals surface area contributed by atoms with Crippen LogP contribution in [0.25, 0.3) is 0 Å². The predicted molar refractivity (Wildman–Crippen MR) is 92.6 cm³/mol. The standard InChI is InChI=1S/C17H32O.C2H4O/c1-3-5-7-9-11-13-15-17(16-18)14-12-10-8-6-4-2;1-2-3/h15-16H,3-14H2,1-2H3;2H,1H3. The molecule has 0 atom stereocenters. The van der Waals surface area contributed by atoms with Gasteiger partial charge in [-0.3, -0.25) is 4.79 Å². The van der Waals surface area contributed by atoms with Crippen LogP contribution in [0.15, 0.2) is 11.6 Å². The number of carbonyl (C=O) groups is 2. The number of unbranched alkanes of at least 4 members (excludes halogenated alkanes) is 9. The van der Waals surface area contributed by atoms with E-state index >= 15 is 0 Å². The van der Waals surface area contributed by atoms with Crippen LogP contribution in [-0.4, -0.2) is 12.6 Å². The quantitative estimate of drug-likeness (QED) is 0.236. The average Bonchev–Trinajstić information content (AvgIpc) is 2.49. The highest BCUT2D eigenvalue weighted by Crippen LogP contribution is 2.12. The van der Waals surface area contributed by atoms with Gasteiger partial charge < -0.3 is 4.79 Å². The fourth-order valence-corrected chi connectivity index (χ4v) is 2.18. The molecule has 0 saturated carbocycles. The molecule has 0 aliphatic rings. The number of hydrogen-bond donors (Lipinski definition) is 0. The van der Waals surface area contributed by atoms with E-state index < -0.39 is 0 Å². The minimum absolute atomic E-state index is 0.750. The monoisotopic (exact) mass is 296 g/mol. The van der Waals surface area contributed by atoms with Crippen molar-refractivity contribution in [1.29, 1.82) is 0 Å². The van der Waals surface area contributed by atoms with Crippen LogP contribution in [0.2, 0.25) is 0 Å². The van der Waals surface area contributed by atoms with Gasteiger partial charge in [-0.25, -0.2) is 0 Å². The highest BCUT2D eigenvalue weighted by atomic mass is 16.1. The molecular weight excluding hydrogens is 260 g/mol. The van der Waals surface area contributed by atoms with Gasteiger partial charge in [0, 0.05) is 0 Å². The third-order valence-corrected chi connectivity index (χ3v) is 3.43. The zero-order valence-corrected chi connectivity index (χ0v) is 14.5. The first-order chi connectivity index (χ1) is 10.3. The Balaban J connectivity index is 0. The van der Waals surface area contributed by atoms with E-state index in [0.29, 0.717) is 0 Å². The van der Waals surface area contributed by atoms with Crippen LogP contribution in [-0.2, 0) is 9.59 Å². The maximum atomic E-state index is 10.9. The third kappa shape index (κ3) is 21.5. The lowest BCUT2D eigenvalue weighted by Crippen LogP contribution is -1.87. The van der Waals surface area contributed by atoms with Gasteiger partial charge in [-0.15, -0.1) is 0 Å². The van der Waals surface area contributed by atoms with Gasteiger partial charge in [-0.1, -0.05) is 71.3 Å². The lowest BCUT2D eigenvalue weighted by atomic mass is 10.0. The number of aldehydes is 2. The molecule has 0 spiro atoms. The summed E-state index contributed by atoms with van der Waals surface area (Å²) in [6.07, 6.45) is 19.0. The summed E-state index contributed by atoms with van der Waals surface area (Å²) in [5.74, 6) is 0. The smallest absolute Gasteiger partial charge is 0.145 e. The first kappa shape index (κ1) is 22.4. The number of hydrogen-bond acceptors (Lipinski definition) is 2. The molecule has 0 saturated heterocycles. The van der Waals surface area contributed by atoms with Gasteiger partial charge in [-0.2, -0.15) is 0 Å². The second-order valence-corrected chi connectivity index (χ2v) is 5.50. The summed E-state index contributed by atoms with van der Waals surface area (Å²) in [4.78, 5) is 19.7. The summed E-state index contributed by atoms with van der Waals surface area (Å²) in [5, 5.41) is 0. The molecule has 0 fully saturated rings. The molecule has 0 rings (SSSR count). The van der Waals surface area contributed by atoms with E-state index in [-0.39, 0.29) is 0 Å². The van der Waals surface area contributed by atoms with Crippen molar-refractivity contribution >= 4 is 12.6 Å². The second kappa shape index (κ2) is 21.4. The van der Waals surface area contributed by atoms with E-state index in [1.807, 2.05) is 0 Å². The van der Waals surface area contributed by atoms with Gasteiger partial charge in [0.05, 0.1) is 0 Å². The van der Waals surface area contributed by atoms with Crippen LogP contribution < -0.4 is 0 Å². The van der Waals surface area contributed by atoms with Gasteiger partial charge in [0.1, 0.15) is 12.6 Å². The van der Waals surface area contributed by atoms with E-state index in [4.69, 9.17) is 4.79 Å². The molecule has 0 amide bonds. The van der Waals surface area contributed by atoms with E-state index in [1.165, 1.54) is 71.1 Å². The molecule has 2 nitrogen and oxygen atoms in total. The lowest BCUT2D eigenvalue weighted by Gasteiger charge is -2.01. The Morgan fingerprint density at radius 1 is 0.762 bits per heavy atom. The van der Waals surface area contributed by atoms with Gasteiger partial charge in [0.15, 0.2) is 0 Å². The SMILES string of the molecule is CC=O.CCCCCCCC=C(C=O)CCCCCCC. The van der Waals surface area contributed by atoms with Crippen molar-refractivity contribution in [2.45, 2.75) is 97.8 Å². The van der Waals surface area contributed by atoms with Crippen molar-refractivity contribution in [3.05, 3.63) is 11.6 Å². The molecule has 124 valence electrons. The summed E-state index contributed by atoms with van der Waals surface area (Å²) in [5.41, 5.74) is 1.03. The van der Waals surface area contributed by atoms with E-state index in [9.17, 15) is 4.79 Å². The topological polar surface area (TPSA) is 34.1 Å². The van der Waals surface area contributed by atoms with Gasteiger partial charge in [-0.05, 0) is 38.2 Å². The Morgan fingerprint density at radius 3 is 1.71 bits per heavy atom. The van der Waals surface area contributed by atoms with E-state index in [2.05, 4.69) is 19.9 Å². The molecule has 21 heavy (non-hydrogen) atoms. The molecule has 0 aliphatic carbocycles. The molecule has 0 heterocycles. The second-order valence-electron chi connectivity index (χ2n) is 5.50. The molecule has 0 aliphatic heterocycles. The minimum Gasteiger partial charge on any atom is -0.304 e. The minimum atomic E-state index is 0.750. The molecule has 0 aromatic carbocycles. The maximum Gasteiger partial charge on any atom is 0.145 e. The Hall–Kier alpha value is -0.920. The Morgan fingerprint density at radius 2 is 1.24 bits per heavy atom. The normalized spacial score (nSPS) is 10.7. The van der Waals surface area contributed by atoms with Crippen LogP contribution in [0.1, 0.15) is 97.8 Å². The first-order valence-electron chi connectivity index (χ1n) is 8.80. The summed E-state index contributed by atoms with van der Waals surface area (Å²) in [6, 6.07) is 0. The Labute approximate surface area is 132 Å². The maximum absolute atomic E-state index is 10.9. The van der Waals surface area contributed by atoms with Crippen molar-refractivity contribution < 1.29 is 9.59 Å². The number of rotatable bonds is 13. The summed E-state index contributed by atoms with van der Waals surface area (Å²) >= 11 is 0. The summed E-state index contributed by atoms with van der Waals surface area (Å²) in [7, 11) is 0. The third-order valence-electron chi connectivity index (χ3n) is 3.43. The Bertz CT molecular complexity index is 244. The lowest BCUT2D eigenvalue weighted by molar-refractivity contribution is -0.106. The van der Waals surface area contributed by atoms with Crippen molar-refractivity contribution in [1.82, 2.24) is 0 Å². The van der Waals surface area contributed by atoms with Crippen molar-refractivity contribution in [3.63, 3.8) is 0 Å². The molecule has 0 aromatic heterocycles. The van der Waals surface area contributed by atoms with Crippen molar-refractivity contribution in [2.75, 3.05) is 0 Å². The van der Waals surface area contributed by atoms with Crippen LogP contribution in [0.4, 0.5) is 0 Å². The zero-order valence-electron chi connectivity index (χ0n) is 14.5. The molecule has 0 N–H and O–H groups in total. The highest BCUT2D eigenvalue weighted by molar-refractivity contribution is 5.72. The molecular formula is C19H36O2. The van der Waals surface area contributed by atoms with Crippen LogP contribution in [0, 0.1) is 0 Å². The van der Waals surface area contributed by atoms with Gasteiger partial charge in [0.25, 0.3) is 0 Å². The largest absolute Gasteiger partial charge is 0.304 e. The summed E-state index contributed by atoms with van der Waals surface area (Å²) in [6.45, 7) is 5.91. The highest BCUT2D eigenvalue weighted by Gasteiger charge is 1.96. The van der Waals surface area contributed by atoms with E-state index in [0.717, 1.165) is 31.0 Å². The molecule has 0 unspecified atom stereocenters. The molecule has 0 radical (unpaired) electrons. The number of allylic oxidation sites excluding steroid dienone is 2. The number of carbonyl (C=O) groups excluding carboxylic acids is 2. The summed E-state index contributed by atoms with van der Waals surface area (Å²) < 4.78 is 0. The molecule has 0 aromatic rings. The Kier molecular flexibility index (Phi) is 22.8. The van der Waals surface area contributed by atoms with Gasteiger partial charge >= 0.3 is 0 Å². The zero-order chi connectivity index (χ0) is 16.2. The first-order valence-corrected chi connectivity index (χ1v) is 8.80. The van der Waals surface area contributed by atoms with E-state index in [1.54, 1.807) is 0 Å². The molecule has 0 bridgehead atoms. The van der Waals surface area contributed by atoms with Crippen LogP contribution >= 0.6 is 0 Å².